The van der Waals surface area contributed by atoms with Gasteiger partial charge in [-0.05, 0) is 19.4 Å². The second-order valence-corrected chi connectivity index (χ2v) is 9.38. The van der Waals surface area contributed by atoms with Gasteiger partial charge in [-0.3, -0.25) is 10.1 Å². The summed E-state index contributed by atoms with van der Waals surface area (Å²) in [5.74, 6) is -0.372. The lowest BCUT2D eigenvalue weighted by Gasteiger charge is -2.12. The molecule has 1 N–H and O–H groups in total. The Hall–Kier alpha value is -1.23. The first kappa shape index (κ1) is 17.1. The predicted molar refractivity (Wildman–Crippen MR) is 80.2 cm³/mol. The molecule has 2 rings (SSSR count). The Bertz CT molecular complexity index is 834. The van der Waals surface area contributed by atoms with Gasteiger partial charge in [-0.15, -0.1) is 0 Å². The summed E-state index contributed by atoms with van der Waals surface area (Å²) in [5.41, 5.74) is -0.249. The maximum atomic E-state index is 12.3. The van der Waals surface area contributed by atoms with E-state index in [1.54, 1.807) is 0 Å². The highest BCUT2D eigenvalue weighted by Crippen LogP contribution is 2.29. The molecular weight excluding hydrogens is 356 g/mol. The van der Waals surface area contributed by atoms with Crippen LogP contribution in [0.5, 0.6) is 0 Å². The Morgan fingerprint density at radius 2 is 2.05 bits per heavy atom. The number of halogens is 1. The Balaban J connectivity index is 2.36. The third-order valence-electron chi connectivity index (χ3n) is 3.35. The van der Waals surface area contributed by atoms with Crippen LogP contribution in [0.3, 0.4) is 0 Å². The van der Waals surface area contributed by atoms with Crippen molar-refractivity contribution < 1.29 is 21.8 Å². The van der Waals surface area contributed by atoms with E-state index in [0.717, 1.165) is 12.1 Å². The first-order valence-corrected chi connectivity index (χ1v) is 9.87. The Morgan fingerprint density at radius 1 is 1.41 bits per heavy atom. The van der Waals surface area contributed by atoms with E-state index in [2.05, 4.69) is 4.72 Å². The van der Waals surface area contributed by atoms with E-state index in [-0.39, 0.29) is 33.4 Å². The van der Waals surface area contributed by atoms with E-state index in [4.69, 9.17) is 11.6 Å². The lowest BCUT2D eigenvalue weighted by Crippen LogP contribution is -2.35. The maximum Gasteiger partial charge on any atom is 0.275 e. The lowest BCUT2D eigenvalue weighted by molar-refractivity contribution is -0.385. The van der Waals surface area contributed by atoms with Crippen LogP contribution < -0.4 is 4.72 Å². The van der Waals surface area contributed by atoms with Crippen LogP contribution in [0.1, 0.15) is 12.0 Å². The Kier molecular flexibility index (Phi) is 4.49. The smallest absolute Gasteiger partial charge is 0.258 e. The minimum Gasteiger partial charge on any atom is -0.258 e. The zero-order valence-corrected chi connectivity index (χ0v) is 13.8. The van der Waals surface area contributed by atoms with Crippen LogP contribution >= 0.6 is 11.6 Å². The van der Waals surface area contributed by atoms with Crippen molar-refractivity contribution >= 4 is 37.1 Å². The lowest BCUT2D eigenvalue weighted by atomic mass is 10.2. The number of nitrogens with zero attached hydrogens (tertiary/aromatic N) is 1. The molecule has 122 valence electrons. The zero-order valence-electron chi connectivity index (χ0n) is 11.4. The number of sulfone groups is 1. The van der Waals surface area contributed by atoms with Crippen LogP contribution in [-0.4, -0.2) is 39.3 Å². The summed E-state index contributed by atoms with van der Waals surface area (Å²) >= 11 is 5.84. The van der Waals surface area contributed by atoms with Gasteiger partial charge in [-0.2, -0.15) is 0 Å². The monoisotopic (exact) mass is 368 g/mol. The van der Waals surface area contributed by atoms with Gasteiger partial charge >= 0.3 is 0 Å². The number of hydrogen-bond donors (Lipinski definition) is 1. The Labute approximate surface area is 132 Å². The summed E-state index contributed by atoms with van der Waals surface area (Å²) in [6, 6.07) is 1.27. The Morgan fingerprint density at radius 3 is 2.55 bits per heavy atom. The molecule has 8 nitrogen and oxygen atoms in total. The number of hydrogen-bond acceptors (Lipinski definition) is 6. The largest absolute Gasteiger partial charge is 0.275 e. The zero-order chi connectivity index (χ0) is 16.7. The molecule has 1 aliphatic rings. The summed E-state index contributed by atoms with van der Waals surface area (Å²) in [7, 11) is -7.34. The molecule has 0 bridgehead atoms. The first-order chi connectivity index (χ1) is 10.0. The van der Waals surface area contributed by atoms with Gasteiger partial charge in [-0.25, -0.2) is 21.6 Å². The number of benzene rings is 1. The SMILES string of the molecule is Cc1c(Cl)cc(S(=O)(=O)N[C@@H]2CCS(=O)(=O)C2)cc1[N+](=O)[O-]. The summed E-state index contributed by atoms with van der Waals surface area (Å²) < 4.78 is 49.5. The van der Waals surface area contributed by atoms with E-state index >= 15 is 0 Å². The van der Waals surface area contributed by atoms with Crippen molar-refractivity contribution in [3.05, 3.63) is 32.8 Å². The first-order valence-electron chi connectivity index (χ1n) is 6.19. The number of nitro groups is 1. The van der Waals surface area contributed by atoms with Crippen molar-refractivity contribution in [2.24, 2.45) is 0 Å². The molecule has 0 radical (unpaired) electrons. The predicted octanol–water partition coefficient (Wildman–Crippen LogP) is 1.02. The third kappa shape index (κ3) is 3.57. The topological polar surface area (TPSA) is 123 Å². The normalized spacial score (nSPS) is 20.9. The van der Waals surface area contributed by atoms with Gasteiger partial charge in [0, 0.05) is 17.7 Å². The highest BCUT2D eigenvalue weighted by Gasteiger charge is 2.32. The van der Waals surface area contributed by atoms with E-state index in [1.807, 2.05) is 0 Å². The van der Waals surface area contributed by atoms with Gasteiger partial charge in [-0.1, -0.05) is 11.6 Å². The average Bonchev–Trinajstić information content (AvgIpc) is 2.70. The molecule has 0 saturated carbocycles. The average molecular weight is 369 g/mol. The van der Waals surface area contributed by atoms with E-state index in [9.17, 15) is 26.9 Å². The van der Waals surface area contributed by atoms with Gasteiger partial charge in [0.1, 0.15) is 0 Å². The van der Waals surface area contributed by atoms with Crippen molar-refractivity contribution in [1.82, 2.24) is 4.72 Å². The minimum absolute atomic E-state index is 0.0476. The highest BCUT2D eigenvalue weighted by atomic mass is 35.5. The van der Waals surface area contributed by atoms with Gasteiger partial charge in [0.15, 0.2) is 9.84 Å². The molecule has 1 saturated heterocycles. The maximum absolute atomic E-state index is 12.3. The number of sulfonamides is 1. The molecule has 0 amide bonds. The van der Waals surface area contributed by atoms with Crippen LogP contribution in [0.4, 0.5) is 5.69 Å². The number of nitrogens with one attached hydrogen (secondary N) is 1. The van der Waals surface area contributed by atoms with Crippen molar-refractivity contribution in [2.75, 3.05) is 11.5 Å². The van der Waals surface area contributed by atoms with E-state index in [0.29, 0.717) is 0 Å². The third-order valence-corrected chi connectivity index (χ3v) is 7.01. The fraction of sp³-hybridized carbons (Fsp3) is 0.455. The molecule has 0 aliphatic carbocycles. The summed E-state index contributed by atoms with van der Waals surface area (Å²) in [4.78, 5) is 9.85. The minimum atomic E-state index is -4.09. The van der Waals surface area contributed by atoms with E-state index in [1.165, 1.54) is 6.92 Å². The molecule has 0 spiro atoms. The highest BCUT2D eigenvalue weighted by molar-refractivity contribution is 7.92. The van der Waals surface area contributed by atoms with Crippen molar-refractivity contribution in [2.45, 2.75) is 24.3 Å². The van der Waals surface area contributed by atoms with E-state index < -0.39 is 36.5 Å². The molecule has 22 heavy (non-hydrogen) atoms. The fourth-order valence-electron chi connectivity index (χ4n) is 2.16. The second kappa shape index (κ2) is 5.76. The number of rotatable bonds is 4. The van der Waals surface area contributed by atoms with Crippen LogP contribution in [0, 0.1) is 17.0 Å². The van der Waals surface area contributed by atoms with Gasteiger partial charge in [0.25, 0.3) is 5.69 Å². The van der Waals surface area contributed by atoms with Gasteiger partial charge < -0.3 is 0 Å². The molecule has 0 aromatic heterocycles. The van der Waals surface area contributed by atoms with Crippen LogP contribution in [-0.2, 0) is 19.9 Å². The molecule has 1 fully saturated rings. The van der Waals surface area contributed by atoms with Crippen LogP contribution in [0.15, 0.2) is 17.0 Å². The second-order valence-electron chi connectivity index (χ2n) is 5.03. The summed E-state index contributed by atoms with van der Waals surface area (Å²) in [6.45, 7) is 1.41. The van der Waals surface area contributed by atoms with Crippen LogP contribution in [0.2, 0.25) is 5.02 Å². The fourth-order valence-corrected chi connectivity index (χ4v) is 5.53. The molecule has 1 atom stereocenters. The van der Waals surface area contributed by atoms with Gasteiger partial charge in [0.2, 0.25) is 10.0 Å². The van der Waals surface area contributed by atoms with Gasteiger partial charge in [0.05, 0.1) is 26.3 Å². The molecule has 1 heterocycles. The van der Waals surface area contributed by atoms with Crippen molar-refractivity contribution in [3.63, 3.8) is 0 Å². The molecule has 1 aromatic rings. The summed E-state index contributed by atoms with van der Waals surface area (Å²) in [5, 5.41) is 10.9. The standard InChI is InChI=1S/C11H13ClN2O6S2/c1-7-10(12)4-9(5-11(7)14(15)16)22(19,20)13-8-2-3-21(17,18)6-8/h4-5,8,13H,2-3,6H2,1H3/t8-/m1/s1. The molecular formula is C11H13ClN2O6S2. The van der Waals surface area contributed by atoms with Crippen molar-refractivity contribution in [1.29, 1.82) is 0 Å². The molecule has 1 aromatic carbocycles. The van der Waals surface area contributed by atoms with Crippen LogP contribution in [0.25, 0.3) is 0 Å². The molecule has 1 aliphatic heterocycles. The number of nitro benzene ring substituents is 1. The summed E-state index contributed by atoms with van der Waals surface area (Å²) in [6.07, 6.45) is 0.170. The molecule has 11 heteroatoms. The molecule has 0 unspecified atom stereocenters. The quantitative estimate of drug-likeness (QED) is 0.625. The van der Waals surface area contributed by atoms with Crippen molar-refractivity contribution in [3.8, 4) is 0 Å².